The third kappa shape index (κ3) is 3.28. The second-order valence-electron chi connectivity index (χ2n) is 5.80. The molecule has 0 radical (unpaired) electrons. The highest BCUT2D eigenvalue weighted by molar-refractivity contribution is 7.99. The van der Waals surface area contributed by atoms with Crippen molar-refractivity contribution in [3.8, 4) is 0 Å². The van der Waals surface area contributed by atoms with Crippen LogP contribution in [0, 0.1) is 20.8 Å². The van der Waals surface area contributed by atoms with Crippen molar-refractivity contribution in [2.24, 2.45) is 7.05 Å². The molecule has 124 valence electrons. The Kier molecular flexibility index (Phi) is 4.57. The minimum absolute atomic E-state index is 0.0492. The van der Waals surface area contributed by atoms with Crippen LogP contribution in [0.1, 0.15) is 17.0 Å². The number of anilines is 1. The molecular weight excluding hydrogens is 320 g/mol. The van der Waals surface area contributed by atoms with E-state index < -0.39 is 0 Å². The molecule has 0 saturated heterocycles. The SMILES string of the molecule is Cc1nn(C)c(C)c1NC(=O)CSc1cc(C)c2ccccc2n1. The van der Waals surface area contributed by atoms with Gasteiger partial charge in [0.15, 0.2) is 0 Å². The molecule has 24 heavy (non-hydrogen) atoms. The molecule has 1 amide bonds. The number of benzene rings is 1. The van der Waals surface area contributed by atoms with E-state index in [2.05, 4.69) is 28.4 Å². The zero-order valence-electron chi connectivity index (χ0n) is 14.3. The lowest BCUT2D eigenvalue weighted by molar-refractivity contribution is -0.113. The van der Waals surface area contributed by atoms with E-state index in [1.165, 1.54) is 17.3 Å². The quantitative estimate of drug-likeness (QED) is 0.737. The lowest BCUT2D eigenvalue weighted by Gasteiger charge is -2.07. The van der Waals surface area contributed by atoms with E-state index in [-0.39, 0.29) is 5.91 Å². The van der Waals surface area contributed by atoms with Crippen LogP contribution in [0.5, 0.6) is 0 Å². The predicted octanol–water partition coefficient (Wildman–Crippen LogP) is 3.62. The van der Waals surface area contributed by atoms with Crippen molar-refractivity contribution in [3.63, 3.8) is 0 Å². The van der Waals surface area contributed by atoms with E-state index in [0.717, 1.165) is 33.0 Å². The van der Waals surface area contributed by atoms with E-state index in [1.54, 1.807) is 4.68 Å². The normalized spacial score (nSPS) is 11.0. The maximum atomic E-state index is 12.3. The van der Waals surface area contributed by atoms with Gasteiger partial charge in [0.1, 0.15) is 0 Å². The summed E-state index contributed by atoms with van der Waals surface area (Å²) in [5, 5.41) is 9.27. The lowest BCUT2D eigenvalue weighted by atomic mass is 10.1. The van der Waals surface area contributed by atoms with E-state index in [4.69, 9.17) is 0 Å². The van der Waals surface area contributed by atoms with Crippen LogP contribution in [0.3, 0.4) is 0 Å². The molecule has 1 N–H and O–H groups in total. The van der Waals surface area contributed by atoms with Crippen LogP contribution in [0.4, 0.5) is 5.69 Å². The third-order valence-electron chi connectivity index (χ3n) is 4.02. The molecule has 0 saturated carbocycles. The lowest BCUT2D eigenvalue weighted by Crippen LogP contribution is -2.15. The van der Waals surface area contributed by atoms with Gasteiger partial charge in [-0.1, -0.05) is 30.0 Å². The number of thioether (sulfide) groups is 1. The monoisotopic (exact) mass is 340 g/mol. The highest BCUT2D eigenvalue weighted by atomic mass is 32.2. The number of nitrogens with zero attached hydrogens (tertiary/aromatic N) is 3. The summed E-state index contributed by atoms with van der Waals surface area (Å²) >= 11 is 1.44. The largest absolute Gasteiger partial charge is 0.322 e. The topological polar surface area (TPSA) is 59.8 Å². The Morgan fingerprint density at radius 3 is 2.71 bits per heavy atom. The van der Waals surface area contributed by atoms with Gasteiger partial charge in [-0.25, -0.2) is 4.98 Å². The van der Waals surface area contributed by atoms with Gasteiger partial charge in [0.05, 0.1) is 33.4 Å². The van der Waals surface area contributed by atoms with Crippen LogP contribution in [0.2, 0.25) is 0 Å². The summed E-state index contributed by atoms with van der Waals surface area (Å²) in [6.07, 6.45) is 0. The summed E-state index contributed by atoms with van der Waals surface area (Å²) in [5.74, 6) is 0.269. The highest BCUT2D eigenvalue weighted by Gasteiger charge is 2.13. The van der Waals surface area contributed by atoms with Gasteiger partial charge >= 0.3 is 0 Å². The number of carbonyl (C=O) groups is 1. The van der Waals surface area contributed by atoms with E-state index in [9.17, 15) is 4.79 Å². The summed E-state index contributed by atoms with van der Waals surface area (Å²) in [6, 6.07) is 10.1. The first-order valence-corrected chi connectivity index (χ1v) is 8.73. The van der Waals surface area contributed by atoms with Crippen molar-refractivity contribution >= 4 is 34.3 Å². The smallest absolute Gasteiger partial charge is 0.234 e. The molecule has 0 aliphatic carbocycles. The van der Waals surface area contributed by atoms with Crippen LogP contribution in [-0.2, 0) is 11.8 Å². The second kappa shape index (κ2) is 6.65. The Labute approximate surface area is 145 Å². The molecule has 3 rings (SSSR count). The molecule has 2 aromatic heterocycles. The van der Waals surface area contributed by atoms with Crippen molar-refractivity contribution < 1.29 is 4.79 Å². The van der Waals surface area contributed by atoms with Gasteiger partial charge < -0.3 is 5.32 Å². The minimum Gasteiger partial charge on any atom is -0.322 e. The molecule has 0 bridgehead atoms. The first-order chi connectivity index (χ1) is 11.5. The Hall–Kier alpha value is -2.34. The molecule has 0 spiro atoms. The number of nitrogens with one attached hydrogen (secondary N) is 1. The summed E-state index contributed by atoms with van der Waals surface area (Å²) in [5.41, 5.74) is 4.70. The first kappa shape index (κ1) is 16.5. The Morgan fingerprint density at radius 1 is 1.25 bits per heavy atom. The van der Waals surface area contributed by atoms with Gasteiger partial charge in [-0.05, 0) is 38.5 Å². The first-order valence-electron chi connectivity index (χ1n) is 7.75. The van der Waals surface area contributed by atoms with Crippen LogP contribution in [0.15, 0.2) is 35.4 Å². The third-order valence-corrected chi connectivity index (χ3v) is 4.94. The molecular formula is C18H20N4OS. The summed E-state index contributed by atoms with van der Waals surface area (Å²) in [4.78, 5) is 16.9. The number of para-hydroxylation sites is 1. The average Bonchev–Trinajstić information content (AvgIpc) is 2.79. The van der Waals surface area contributed by atoms with Crippen molar-refractivity contribution in [1.29, 1.82) is 0 Å². The van der Waals surface area contributed by atoms with Gasteiger partial charge in [-0.15, -0.1) is 0 Å². The maximum absolute atomic E-state index is 12.3. The fraction of sp³-hybridized carbons (Fsp3) is 0.278. The van der Waals surface area contributed by atoms with Crippen molar-refractivity contribution in [2.75, 3.05) is 11.1 Å². The van der Waals surface area contributed by atoms with Crippen LogP contribution in [-0.4, -0.2) is 26.4 Å². The van der Waals surface area contributed by atoms with Crippen LogP contribution >= 0.6 is 11.8 Å². The number of amides is 1. The molecule has 6 heteroatoms. The number of aromatic nitrogens is 3. The summed E-state index contributed by atoms with van der Waals surface area (Å²) in [7, 11) is 1.87. The van der Waals surface area contributed by atoms with Crippen LogP contribution < -0.4 is 5.32 Å². The molecule has 0 aliphatic heterocycles. The second-order valence-corrected chi connectivity index (χ2v) is 6.80. The van der Waals surface area contributed by atoms with Crippen molar-refractivity contribution in [1.82, 2.24) is 14.8 Å². The number of aryl methyl sites for hydroxylation is 3. The van der Waals surface area contributed by atoms with Gasteiger partial charge in [-0.3, -0.25) is 9.48 Å². The Morgan fingerprint density at radius 2 is 2.00 bits per heavy atom. The van der Waals surface area contributed by atoms with E-state index in [0.29, 0.717) is 5.75 Å². The van der Waals surface area contributed by atoms with Gasteiger partial charge in [0.2, 0.25) is 5.91 Å². The molecule has 0 unspecified atom stereocenters. The number of carbonyl (C=O) groups excluding carboxylic acids is 1. The number of pyridine rings is 1. The molecule has 1 aromatic carbocycles. The number of rotatable bonds is 4. The molecule has 3 aromatic rings. The molecule has 0 fully saturated rings. The molecule has 0 aliphatic rings. The number of hydrogen-bond acceptors (Lipinski definition) is 4. The fourth-order valence-electron chi connectivity index (χ4n) is 2.66. The Balaban J connectivity index is 1.70. The molecule has 5 nitrogen and oxygen atoms in total. The number of hydrogen-bond donors (Lipinski definition) is 1. The summed E-state index contributed by atoms with van der Waals surface area (Å²) < 4.78 is 1.77. The zero-order valence-corrected chi connectivity index (χ0v) is 15.1. The minimum atomic E-state index is -0.0492. The Bertz CT molecular complexity index is 917. The van der Waals surface area contributed by atoms with Crippen LogP contribution in [0.25, 0.3) is 10.9 Å². The maximum Gasteiger partial charge on any atom is 0.234 e. The van der Waals surface area contributed by atoms with Crippen molar-refractivity contribution in [2.45, 2.75) is 25.8 Å². The van der Waals surface area contributed by atoms with Crippen molar-refractivity contribution in [3.05, 3.63) is 47.3 Å². The zero-order chi connectivity index (χ0) is 17.3. The van der Waals surface area contributed by atoms with Gasteiger partial charge in [0.25, 0.3) is 0 Å². The number of fused-ring (bicyclic) bond motifs is 1. The van der Waals surface area contributed by atoms with Gasteiger partial charge in [0, 0.05) is 12.4 Å². The fourth-order valence-corrected chi connectivity index (χ4v) is 3.44. The summed E-state index contributed by atoms with van der Waals surface area (Å²) in [6.45, 7) is 5.90. The predicted molar refractivity (Wildman–Crippen MR) is 98.5 cm³/mol. The highest BCUT2D eigenvalue weighted by Crippen LogP contribution is 2.24. The average molecular weight is 340 g/mol. The molecule has 2 heterocycles. The van der Waals surface area contributed by atoms with E-state index >= 15 is 0 Å². The standard InChI is InChI=1S/C18H20N4OS/c1-11-9-17(19-15-8-6-5-7-14(11)15)24-10-16(23)20-18-12(2)21-22(4)13(18)3/h5-9H,10H2,1-4H3,(H,20,23). The molecule has 0 atom stereocenters. The van der Waals surface area contributed by atoms with E-state index in [1.807, 2.05) is 45.2 Å². The van der Waals surface area contributed by atoms with Gasteiger partial charge in [-0.2, -0.15) is 5.10 Å².